The highest BCUT2D eigenvalue weighted by atomic mass is 16.5. The van der Waals surface area contributed by atoms with Crippen molar-refractivity contribution in [2.75, 3.05) is 36.9 Å². The number of amides is 1. The molecular weight excluding hydrogens is 272 g/mol. The van der Waals surface area contributed by atoms with Crippen molar-refractivity contribution in [3.8, 4) is 6.01 Å². The van der Waals surface area contributed by atoms with Crippen LogP contribution in [0.25, 0.3) is 0 Å². The average molecular weight is 296 g/mol. The van der Waals surface area contributed by atoms with Gasteiger partial charge in [0.15, 0.2) is 0 Å². The molecule has 0 aromatic carbocycles. The minimum absolute atomic E-state index is 0.00609. The van der Waals surface area contributed by atoms with Gasteiger partial charge < -0.3 is 20.7 Å². The molecule has 8 heteroatoms. The summed E-state index contributed by atoms with van der Waals surface area (Å²) in [4.78, 5) is 23.9. The van der Waals surface area contributed by atoms with E-state index < -0.39 is 0 Å². The number of hydrogen-bond donors (Lipinski definition) is 3. The maximum Gasteiger partial charge on any atom is 0.323 e. The molecule has 1 amide bonds. The van der Waals surface area contributed by atoms with Crippen molar-refractivity contribution >= 4 is 17.8 Å². The molecule has 0 atom stereocenters. The molecule has 1 aromatic rings. The zero-order valence-electron chi connectivity index (χ0n) is 12.9. The first-order valence-electron chi connectivity index (χ1n) is 7.32. The molecule has 0 radical (unpaired) electrons. The predicted molar refractivity (Wildman–Crippen MR) is 81.6 cm³/mol. The molecule has 0 fully saturated rings. The SMILES string of the molecule is CCCOc1nc(NCC)nc(NCCC(=O)NCC)n1. The quantitative estimate of drug-likeness (QED) is 0.592. The highest BCUT2D eigenvalue weighted by Crippen LogP contribution is 2.11. The third-order valence-electron chi connectivity index (χ3n) is 2.39. The van der Waals surface area contributed by atoms with E-state index in [2.05, 4.69) is 30.9 Å². The Balaban J connectivity index is 2.61. The summed E-state index contributed by atoms with van der Waals surface area (Å²) in [5.74, 6) is 0.851. The molecule has 0 aliphatic rings. The lowest BCUT2D eigenvalue weighted by molar-refractivity contribution is -0.120. The monoisotopic (exact) mass is 296 g/mol. The minimum atomic E-state index is -0.00609. The highest BCUT2D eigenvalue weighted by Gasteiger charge is 2.07. The van der Waals surface area contributed by atoms with Gasteiger partial charge in [0, 0.05) is 26.1 Å². The molecular formula is C13H24N6O2. The lowest BCUT2D eigenvalue weighted by Crippen LogP contribution is -2.25. The molecule has 3 N–H and O–H groups in total. The summed E-state index contributed by atoms with van der Waals surface area (Å²) in [6.07, 6.45) is 1.24. The van der Waals surface area contributed by atoms with Crippen molar-refractivity contribution in [1.82, 2.24) is 20.3 Å². The summed E-state index contributed by atoms with van der Waals surface area (Å²) in [5.41, 5.74) is 0. The van der Waals surface area contributed by atoms with Gasteiger partial charge in [-0.25, -0.2) is 0 Å². The van der Waals surface area contributed by atoms with Crippen LogP contribution >= 0.6 is 0 Å². The van der Waals surface area contributed by atoms with Gasteiger partial charge in [-0.3, -0.25) is 4.79 Å². The van der Waals surface area contributed by atoms with E-state index in [1.807, 2.05) is 20.8 Å². The largest absolute Gasteiger partial charge is 0.463 e. The molecule has 0 saturated carbocycles. The Bertz CT molecular complexity index is 441. The topological polar surface area (TPSA) is 101 Å². The van der Waals surface area contributed by atoms with Gasteiger partial charge in [0.25, 0.3) is 0 Å². The van der Waals surface area contributed by atoms with Crippen molar-refractivity contribution in [2.45, 2.75) is 33.6 Å². The van der Waals surface area contributed by atoms with Crippen molar-refractivity contribution in [3.05, 3.63) is 0 Å². The summed E-state index contributed by atoms with van der Waals surface area (Å²) in [5, 5.41) is 8.76. The maximum atomic E-state index is 11.4. The smallest absolute Gasteiger partial charge is 0.323 e. The van der Waals surface area contributed by atoms with E-state index in [1.54, 1.807) is 0 Å². The Hall–Kier alpha value is -2.12. The van der Waals surface area contributed by atoms with Gasteiger partial charge in [-0.2, -0.15) is 15.0 Å². The summed E-state index contributed by atoms with van der Waals surface area (Å²) in [6.45, 7) is 8.19. The third kappa shape index (κ3) is 6.73. The second kappa shape index (κ2) is 9.73. The molecule has 0 spiro atoms. The van der Waals surface area contributed by atoms with Gasteiger partial charge in [0.2, 0.25) is 17.8 Å². The van der Waals surface area contributed by atoms with E-state index in [-0.39, 0.29) is 11.9 Å². The van der Waals surface area contributed by atoms with Crippen LogP contribution in [-0.4, -0.2) is 47.1 Å². The zero-order chi connectivity index (χ0) is 15.5. The lowest BCUT2D eigenvalue weighted by Gasteiger charge is -2.09. The predicted octanol–water partition coefficient (Wildman–Crippen LogP) is 1.03. The van der Waals surface area contributed by atoms with Crippen LogP contribution in [0, 0.1) is 0 Å². The van der Waals surface area contributed by atoms with Gasteiger partial charge in [-0.05, 0) is 20.3 Å². The van der Waals surface area contributed by atoms with E-state index in [1.165, 1.54) is 0 Å². The molecule has 118 valence electrons. The van der Waals surface area contributed by atoms with Gasteiger partial charge in [-0.1, -0.05) is 6.92 Å². The number of rotatable bonds is 10. The van der Waals surface area contributed by atoms with Crippen LogP contribution in [0.5, 0.6) is 6.01 Å². The Morgan fingerprint density at radius 3 is 2.38 bits per heavy atom. The number of nitrogens with zero attached hydrogens (tertiary/aromatic N) is 3. The van der Waals surface area contributed by atoms with Crippen molar-refractivity contribution in [3.63, 3.8) is 0 Å². The second-order valence-electron chi connectivity index (χ2n) is 4.27. The summed E-state index contributed by atoms with van der Waals surface area (Å²) in [7, 11) is 0. The molecule has 1 aromatic heterocycles. The Morgan fingerprint density at radius 2 is 1.76 bits per heavy atom. The first-order valence-corrected chi connectivity index (χ1v) is 7.32. The zero-order valence-corrected chi connectivity index (χ0v) is 12.9. The number of carbonyl (C=O) groups is 1. The number of hydrogen-bond acceptors (Lipinski definition) is 7. The Kier molecular flexibility index (Phi) is 7.85. The molecule has 21 heavy (non-hydrogen) atoms. The fourth-order valence-corrected chi connectivity index (χ4v) is 1.50. The summed E-state index contributed by atoms with van der Waals surface area (Å²) < 4.78 is 5.43. The molecule has 1 rings (SSSR count). The molecule has 1 heterocycles. The van der Waals surface area contributed by atoms with E-state index in [9.17, 15) is 4.79 Å². The fraction of sp³-hybridized carbons (Fsp3) is 0.692. The Labute approximate surface area is 125 Å². The van der Waals surface area contributed by atoms with Crippen molar-refractivity contribution in [1.29, 1.82) is 0 Å². The Morgan fingerprint density at radius 1 is 1.05 bits per heavy atom. The van der Waals surface area contributed by atoms with Gasteiger partial charge in [-0.15, -0.1) is 0 Å². The summed E-state index contributed by atoms with van der Waals surface area (Å²) >= 11 is 0. The number of aromatic nitrogens is 3. The average Bonchev–Trinajstić information content (AvgIpc) is 2.45. The molecule has 0 aliphatic carbocycles. The summed E-state index contributed by atoms with van der Waals surface area (Å²) in [6, 6.07) is 0.281. The number of carbonyl (C=O) groups excluding carboxylic acids is 1. The van der Waals surface area contributed by atoms with E-state index in [4.69, 9.17) is 4.74 Å². The third-order valence-corrected chi connectivity index (χ3v) is 2.39. The number of anilines is 2. The van der Waals surface area contributed by atoms with Crippen LogP contribution in [-0.2, 0) is 4.79 Å². The highest BCUT2D eigenvalue weighted by molar-refractivity contribution is 5.76. The van der Waals surface area contributed by atoms with Crippen LogP contribution in [0.1, 0.15) is 33.6 Å². The van der Waals surface area contributed by atoms with Crippen LogP contribution in [0.3, 0.4) is 0 Å². The molecule has 0 unspecified atom stereocenters. The molecule has 0 aliphatic heterocycles. The molecule has 8 nitrogen and oxygen atoms in total. The van der Waals surface area contributed by atoms with Gasteiger partial charge in [0.05, 0.1) is 6.61 Å². The van der Waals surface area contributed by atoms with E-state index >= 15 is 0 Å². The van der Waals surface area contributed by atoms with E-state index in [0.717, 1.165) is 6.42 Å². The normalized spacial score (nSPS) is 10.0. The minimum Gasteiger partial charge on any atom is -0.463 e. The van der Waals surface area contributed by atoms with Crippen LogP contribution in [0.15, 0.2) is 0 Å². The van der Waals surface area contributed by atoms with Crippen LogP contribution in [0.4, 0.5) is 11.9 Å². The van der Waals surface area contributed by atoms with Gasteiger partial charge in [0.1, 0.15) is 0 Å². The lowest BCUT2D eigenvalue weighted by atomic mass is 10.4. The van der Waals surface area contributed by atoms with Gasteiger partial charge >= 0.3 is 6.01 Å². The van der Waals surface area contributed by atoms with Crippen LogP contribution in [0.2, 0.25) is 0 Å². The van der Waals surface area contributed by atoms with Crippen molar-refractivity contribution in [2.24, 2.45) is 0 Å². The first kappa shape index (κ1) is 16.9. The molecule has 0 saturated heterocycles. The van der Waals surface area contributed by atoms with E-state index in [0.29, 0.717) is 44.6 Å². The van der Waals surface area contributed by atoms with Crippen molar-refractivity contribution < 1.29 is 9.53 Å². The van der Waals surface area contributed by atoms with Crippen LogP contribution < -0.4 is 20.7 Å². The standard InChI is InChI=1S/C13H24N6O2/c1-4-9-21-13-18-11(15-6-3)17-12(19-13)16-8-7-10(20)14-5-2/h4-9H2,1-3H3,(H,14,20)(H2,15,16,17,18,19). The first-order chi connectivity index (χ1) is 10.2. The number of nitrogens with one attached hydrogen (secondary N) is 3. The second-order valence-corrected chi connectivity index (χ2v) is 4.27. The molecule has 0 bridgehead atoms. The number of ether oxygens (including phenoxy) is 1. The fourth-order valence-electron chi connectivity index (χ4n) is 1.50. The maximum absolute atomic E-state index is 11.4.